The van der Waals surface area contributed by atoms with Crippen LogP contribution in [-0.4, -0.2) is 11.3 Å². The maximum absolute atomic E-state index is 10.6. The molecule has 0 saturated carbocycles. The van der Waals surface area contributed by atoms with E-state index in [0.717, 1.165) is 5.56 Å². The summed E-state index contributed by atoms with van der Waals surface area (Å²) in [7, 11) is 0. The first-order valence-corrected chi connectivity index (χ1v) is 5.34. The Morgan fingerprint density at radius 2 is 1.81 bits per heavy atom. The fraction of sp³-hybridized carbons (Fsp3) is 0. The molecule has 0 amide bonds. The molecule has 2 nitrogen and oxygen atoms in total. The molecule has 0 unspecified atom stereocenters. The van der Waals surface area contributed by atoms with Gasteiger partial charge in [-0.05, 0) is 18.2 Å². The quantitative estimate of drug-likeness (QED) is 0.599. The minimum atomic E-state index is 0.187. The number of nitrogens with zero attached hydrogens (tertiary/aromatic N) is 1. The van der Waals surface area contributed by atoms with Gasteiger partial charge in [-0.3, -0.25) is 4.79 Å². The number of hydrogen-bond donors (Lipinski definition) is 0. The molecule has 0 saturated heterocycles. The zero-order chi connectivity index (χ0) is 11.5. The molecule has 0 radical (unpaired) electrons. The molecular weight excluding hydrogens is 245 g/mol. The molecular formula is C12H7Cl2NO. The largest absolute Gasteiger partial charge is 0.298 e. The van der Waals surface area contributed by atoms with Crippen molar-refractivity contribution in [3.05, 3.63) is 52.1 Å². The van der Waals surface area contributed by atoms with Crippen LogP contribution in [0.3, 0.4) is 0 Å². The highest BCUT2D eigenvalue weighted by molar-refractivity contribution is 6.33. The molecule has 0 spiro atoms. The van der Waals surface area contributed by atoms with Crippen molar-refractivity contribution in [3.8, 4) is 11.3 Å². The van der Waals surface area contributed by atoms with E-state index in [4.69, 9.17) is 23.2 Å². The second kappa shape index (κ2) is 4.64. The number of pyridine rings is 1. The fourth-order valence-electron chi connectivity index (χ4n) is 1.35. The first-order chi connectivity index (χ1) is 7.72. The predicted octanol–water partition coefficient (Wildman–Crippen LogP) is 3.87. The van der Waals surface area contributed by atoms with Crippen LogP contribution >= 0.6 is 23.2 Å². The molecule has 0 aliphatic carbocycles. The third kappa shape index (κ3) is 2.08. The highest BCUT2D eigenvalue weighted by Gasteiger charge is 2.07. The second-order valence-corrected chi connectivity index (χ2v) is 3.94. The zero-order valence-electron chi connectivity index (χ0n) is 8.15. The van der Waals surface area contributed by atoms with Crippen molar-refractivity contribution in [1.82, 2.24) is 4.98 Å². The van der Waals surface area contributed by atoms with Gasteiger partial charge in [0, 0.05) is 10.6 Å². The van der Waals surface area contributed by atoms with Crippen molar-refractivity contribution < 1.29 is 4.79 Å². The van der Waals surface area contributed by atoms with Crippen molar-refractivity contribution in [2.45, 2.75) is 0 Å². The van der Waals surface area contributed by atoms with Crippen molar-refractivity contribution in [3.63, 3.8) is 0 Å². The Morgan fingerprint density at radius 3 is 2.44 bits per heavy atom. The number of benzene rings is 1. The molecule has 4 heteroatoms. The van der Waals surface area contributed by atoms with Gasteiger partial charge in [-0.25, -0.2) is 4.98 Å². The van der Waals surface area contributed by atoms with Gasteiger partial charge in [0.1, 0.15) is 5.15 Å². The topological polar surface area (TPSA) is 30.0 Å². The monoisotopic (exact) mass is 251 g/mol. The predicted molar refractivity (Wildman–Crippen MR) is 65.1 cm³/mol. The Bertz CT molecular complexity index is 540. The van der Waals surface area contributed by atoms with E-state index in [9.17, 15) is 4.79 Å². The summed E-state index contributed by atoms with van der Waals surface area (Å²) in [4.78, 5) is 14.7. The lowest BCUT2D eigenvalue weighted by atomic mass is 10.1. The summed E-state index contributed by atoms with van der Waals surface area (Å²) in [6.07, 6.45) is 0.672. The number of aldehydes is 1. The van der Waals surface area contributed by atoms with Gasteiger partial charge in [0.2, 0.25) is 0 Å². The van der Waals surface area contributed by atoms with Gasteiger partial charge in [-0.2, -0.15) is 0 Å². The van der Waals surface area contributed by atoms with Gasteiger partial charge in [-0.1, -0.05) is 41.4 Å². The molecule has 1 aromatic heterocycles. The van der Waals surface area contributed by atoms with E-state index >= 15 is 0 Å². The third-order valence-electron chi connectivity index (χ3n) is 2.15. The molecule has 0 aliphatic rings. The van der Waals surface area contributed by atoms with Crippen molar-refractivity contribution in [2.75, 3.05) is 0 Å². The minimum absolute atomic E-state index is 0.187. The molecule has 0 bridgehead atoms. The van der Waals surface area contributed by atoms with Crippen molar-refractivity contribution in [1.29, 1.82) is 0 Å². The van der Waals surface area contributed by atoms with Crippen LogP contribution in [-0.2, 0) is 0 Å². The maximum atomic E-state index is 10.6. The summed E-state index contributed by atoms with van der Waals surface area (Å²) in [6.45, 7) is 0. The molecule has 0 fully saturated rings. The van der Waals surface area contributed by atoms with E-state index in [2.05, 4.69) is 4.98 Å². The lowest BCUT2D eigenvalue weighted by Gasteiger charge is -2.04. The van der Waals surface area contributed by atoms with Crippen LogP contribution in [0.2, 0.25) is 10.2 Å². The first kappa shape index (κ1) is 11.1. The minimum Gasteiger partial charge on any atom is -0.298 e. The van der Waals surface area contributed by atoms with Gasteiger partial charge >= 0.3 is 0 Å². The molecule has 16 heavy (non-hydrogen) atoms. The van der Waals surface area contributed by atoms with Crippen LogP contribution < -0.4 is 0 Å². The SMILES string of the molecule is O=Cc1ccc(-c2ccccc2Cl)nc1Cl. The molecule has 0 N–H and O–H groups in total. The highest BCUT2D eigenvalue weighted by Crippen LogP contribution is 2.27. The average Bonchev–Trinajstić information content (AvgIpc) is 2.29. The van der Waals surface area contributed by atoms with Gasteiger partial charge in [0.15, 0.2) is 6.29 Å². The van der Waals surface area contributed by atoms with E-state index in [1.807, 2.05) is 18.2 Å². The molecule has 80 valence electrons. The van der Waals surface area contributed by atoms with Crippen LogP contribution in [0.1, 0.15) is 10.4 Å². The van der Waals surface area contributed by atoms with Gasteiger partial charge < -0.3 is 0 Å². The number of halogens is 2. The summed E-state index contributed by atoms with van der Waals surface area (Å²) >= 11 is 11.9. The Balaban J connectivity index is 2.54. The fourth-order valence-corrected chi connectivity index (χ4v) is 1.78. The van der Waals surface area contributed by atoms with E-state index in [1.165, 1.54) is 0 Å². The summed E-state index contributed by atoms with van der Waals surface area (Å²) in [5.74, 6) is 0. The summed E-state index contributed by atoms with van der Waals surface area (Å²) in [5, 5.41) is 0.789. The molecule has 2 rings (SSSR count). The van der Waals surface area contributed by atoms with Crippen LogP contribution in [0.5, 0.6) is 0 Å². The molecule has 0 aliphatic heterocycles. The van der Waals surface area contributed by atoms with Crippen LogP contribution in [0.4, 0.5) is 0 Å². The van der Waals surface area contributed by atoms with Crippen LogP contribution in [0.25, 0.3) is 11.3 Å². The Labute approximate surface area is 103 Å². The van der Waals surface area contributed by atoms with E-state index < -0.39 is 0 Å². The van der Waals surface area contributed by atoms with Crippen LogP contribution in [0.15, 0.2) is 36.4 Å². The number of hydrogen-bond acceptors (Lipinski definition) is 2. The summed E-state index contributed by atoms with van der Waals surface area (Å²) < 4.78 is 0. The smallest absolute Gasteiger partial charge is 0.153 e. The number of carbonyl (C=O) groups excluding carboxylic acids is 1. The average molecular weight is 252 g/mol. The lowest BCUT2D eigenvalue weighted by molar-refractivity contribution is 0.112. The lowest BCUT2D eigenvalue weighted by Crippen LogP contribution is -1.90. The Morgan fingerprint density at radius 1 is 1.06 bits per heavy atom. The zero-order valence-corrected chi connectivity index (χ0v) is 9.66. The highest BCUT2D eigenvalue weighted by atomic mass is 35.5. The molecule has 1 heterocycles. The van der Waals surface area contributed by atoms with E-state index in [0.29, 0.717) is 22.6 Å². The van der Waals surface area contributed by atoms with Crippen LogP contribution in [0, 0.1) is 0 Å². The maximum Gasteiger partial charge on any atom is 0.153 e. The number of aromatic nitrogens is 1. The number of rotatable bonds is 2. The standard InChI is InChI=1S/C12H7Cl2NO/c13-10-4-2-1-3-9(10)11-6-5-8(7-16)12(14)15-11/h1-7H. The second-order valence-electron chi connectivity index (χ2n) is 3.17. The first-order valence-electron chi connectivity index (χ1n) is 4.59. The number of carbonyl (C=O) groups is 1. The molecule has 2 aromatic rings. The van der Waals surface area contributed by atoms with Gasteiger partial charge in [-0.15, -0.1) is 0 Å². The Hall–Kier alpha value is -1.38. The van der Waals surface area contributed by atoms with E-state index in [1.54, 1.807) is 18.2 Å². The van der Waals surface area contributed by atoms with Crippen molar-refractivity contribution >= 4 is 29.5 Å². The third-order valence-corrected chi connectivity index (χ3v) is 2.79. The molecule has 1 aromatic carbocycles. The van der Waals surface area contributed by atoms with Crippen molar-refractivity contribution in [2.24, 2.45) is 0 Å². The van der Waals surface area contributed by atoms with Gasteiger partial charge in [0.25, 0.3) is 0 Å². The normalized spacial score (nSPS) is 10.1. The molecule has 0 atom stereocenters. The summed E-state index contributed by atoms with van der Waals surface area (Å²) in [5.41, 5.74) is 1.82. The van der Waals surface area contributed by atoms with Gasteiger partial charge in [0.05, 0.1) is 11.3 Å². The van der Waals surface area contributed by atoms with E-state index in [-0.39, 0.29) is 5.15 Å². The Kier molecular flexibility index (Phi) is 3.22. The summed E-state index contributed by atoms with van der Waals surface area (Å²) in [6, 6.07) is 10.7.